The number of hydrogen-bond acceptors (Lipinski definition) is 7. The molecule has 3 aromatic heterocycles. The van der Waals surface area contributed by atoms with Crippen LogP contribution in [0, 0.1) is 19.3 Å². The second-order valence-electron chi connectivity index (χ2n) is 12.1. The summed E-state index contributed by atoms with van der Waals surface area (Å²) in [7, 11) is 0. The zero-order valence-electron chi connectivity index (χ0n) is 24.2. The van der Waals surface area contributed by atoms with Crippen LogP contribution >= 0.6 is 0 Å². The van der Waals surface area contributed by atoms with Crippen molar-refractivity contribution in [3.8, 4) is 17.0 Å². The molecular formula is C30H41N5O4. The van der Waals surface area contributed by atoms with Crippen molar-refractivity contribution in [1.82, 2.24) is 19.7 Å². The van der Waals surface area contributed by atoms with E-state index in [1.54, 1.807) is 12.4 Å². The smallest absolute Gasteiger partial charge is 0.337 e. The van der Waals surface area contributed by atoms with E-state index in [1.165, 1.54) is 0 Å². The normalized spacial score (nSPS) is 16.2. The molecule has 4 rings (SSSR count). The quantitative estimate of drug-likeness (QED) is 0.378. The molecule has 39 heavy (non-hydrogen) atoms. The number of nitrogens with zero attached hydrogens (tertiary/aromatic N) is 5. The average molecular weight is 536 g/mol. The number of carboxylic acids is 1. The van der Waals surface area contributed by atoms with Crippen molar-refractivity contribution in [2.75, 3.05) is 24.6 Å². The second kappa shape index (κ2) is 11.3. The summed E-state index contributed by atoms with van der Waals surface area (Å²) in [5.74, 6) is -0.377. The van der Waals surface area contributed by atoms with Crippen LogP contribution in [-0.4, -0.2) is 56.1 Å². The van der Waals surface area contributed by atoms with Crippen LogP contribution in [-0.2, 0) is 16.1 Å². The minimum Gasteiger partial charge on any atom is -0.490 e. The molecule has 210 valence electrons. The lowest BCUT2D eigenvalue weighted by molar-refractivity contribution is -0.160. The number of rotatable bonds is 9. The fraction of sp³-hybridized carbons (Fsp3) is 0.533. The summed E-state index contributed by atoms with van der Waals surface area (Å²) in [6.45, 7) is 16.7. The summed E-state index contributed by atoms with van der Waals surface area (Å²) in [5.41, 5.74) is 4.26. The zero-order valence-corrected chi connectivity index (χ0v) is 24.2. The highest BCUT2D eigenvalue weighted by Crippen LogP contribution is 2.43. The molecule has 1 N–H and O–H groups in total. The highest BCUT2D eigenvalue weighted by Gasteiger charge is 2.36. The third-order valence-corrected chi connectivity index (χ3v) is 7.04. The molecule has 9 heteroatoms. The molecule has 1 saturated heterocycles. The number of hydrogen-bond donors (Lipinski definition) is 1. The largest absolute Gasteiger partial charge is 0.490 e. The van der Waals surface area contributed by atoms with Gasteiger partial charge in [0.25, 0.3) is 0 Å². The summed E-state index contributed by atoms with van der Waals surface area (Å²) in [5, 5.41) is 14.6. The first-order chi connectivity index (χ1) is 18.3. The van der Waals surface area contributed by atoms with Gasteiger partial charge in [0.1, 0.15) is 12.4 Å². The third-order valence-electron chi connectivity index (χ3n) is 7.04. The van der Waals surface area contributed by atoms with Crippen molar-refractivity contribution in [2.45, 2.75) is 79.6 Å². The van der Waals surface area contributed by atoms with Gasteiger partial charge in [0.15, 0.2) is 6.10 Å². The molecule has 1 aliphatic rings. The van der Waals surface area contributed by atoms with Crippen LogP contribution in [0.2, 0.25) is 0 Å². The molecule has 1 aliphatic heterocycles. The maximum Gasteiger partial charge on any atom is 0.337 e. The van der Waals surface area contributed by atoms with Crippen molar-refractivity contribution in [2.24, 2.45) is 5.41 Å². The summed E-state index contributed by atoms with van der Waals surface area (Å²) in [6, 6.07) is 3.79. The third kappa shape index (κ3) is 7.15. The summed E-state index contributed by atoms with van der Waals surface area (Å²) in [4.78, 5) is 24.2. The topological polar surface area (TPSA) is 103 Å². The Labute approximate surface area is 231 Å². The van der Waals surface area contributed by atoms with E-state index < -0.39 is 17.7 Å². The minimum absolute atomic E-state index is 0.235. The summed E-state index contributed by atoms with van der Waals surface area (Å²) < 4.78 is 13.9. The predicted molar refractivity (Wildman–Crippen MR) is 151 cm³/mol. The Morgan fingerprint density at radius 1 is 1.10 bits per heavy atom. The first kappa shape index (κ1) is 28.5. The van der Waals surface area contributed by atoms with Crippen LogP contribution in [0.4, 0.5) is 5.69 Å². The van der Waals surface area contributed by atoms with Gasteiger partial charge in [-0.3, -0.25) is 14.6 Å². The first-order valence-electron chi connectivity index (χ1n) is 13.6. The standard InChI is InChI=1S/C30H41N5O4/c1-20-16-33-35(19-20)14-15-38-22-8-9-24(32-17-22)23-18-31-21(2)25(27(28(36)37)39-29(3,4)5)26(23)34-12-10-30(6,7)11-13-34/h8-9,16-19,27H,10-15H2,1-7H3,(H,36,37)/t27-/m0/s1. The minimum atomic E-state index is -1.16. The fourth-order valence-corrected chi connectivity index (χ4v) is 4.84. The highest BCUT2D eigenvalue weighted by atomic mass is 16.5. The van der Waals surface area contributed by atoms with Gasteiger partial charge in [-0.1, -0.05) is 13.8 Å². The van der Waals surface area contributed by atoms with Crippen molar-refractivity contribution in [1.29, 1.82) is 0 Å². The van der Waals surface area contributed by atoms with Gasteiger partial charge in [-0.2, -0.15) is 5.10 Å². The number of pyridine rings is 2. The Balaban J connectivity index is 1.69. The average Bonchev–Trinajstić information content (AvgIpc) is 3.27. The van der Waals surface area contributed by atoms with Crippen LogP contribution < -0.4 is 9.64 Å². The lowest BCUT2D eigenvalue weighted by Crippen LogP contribution is -2.39. The van der Waals surface area contributed by atoms with E-state index in [0.29, 0.717) is 35.9 Å². The molecule has 0 radical (unpaired) electrons. The van der Waals surface area contributed by atoms with Crippen LogP contribution in [0.5, 0.6) is 5.75 Å². The Morgan fingerprint density at radius 3 is 2.38 bits per heavy atom. The monoisotopic (exact) mass is 535 g/mol. The lowest BCUT2D eigenvalue weighted by atomic mass is 9.82. The molecule has 1 fully saturated rings. The molecule has 0 spiro atoms. The predicted octanol–water partition coefficient (Wildman–Crippen LogP) is 5.60. The number of ether oxygens (including phenoxy) is 2. The molecule has 3 aromatic rings. The molecule has 0 bridgehead atoms. The van der Waals surface area contributed by atoms with Crippen molar-refractivity contribution in [3.05, 3.63) is 53.7 Å². The maximum absolute atomic E-state index is 12.6. The molecule has 4 heterocycles. The van der Waals surface area contributed by atoms with Crippen molar-refractivity contribution in [3.63, 3.8) is 0 Å². The van der Waals surface area contributed by atoms with Gasteiger partial charge in [-0.25, -0.2) is 4.79 Å². The van der Waals surface area contributed by atoms with Crippen LogP contribution in [0.3, 0.4) is 0 Å². The molecule has 9 nitrogen and oxygen atoms in total. The first-order valence-corrected chi connectivity index (χ1v) is 13.6. The van der Waals surface area contributed by atoms with Crippen LogP contribution in [0.25, 0.3) is 11.3 Å². The number of aromatic nitrogens is 4. The van der Waals surface area contributed by atoms with Crippen LogP contribution in [0.15, 0.2) is 36.9 Å². The molecular weight excluding hydrogens is 494 g/mol. The van der Waals surface area contributed by atoms with Gasteiger partial charge in [-0.15, -0.1) is 0 Å². The van der Waals surface area contributed by atoms with Gasteiger partial charge in [0.2, 0.25) is 0 Å². The molecule has 0 saturated carbocycles. The van der Waals surface area contributed by atoms with E-state index >= 15 is 0 Å². The number of carboxylic acid groups (broad SMARTS) is 1. The zero-order chi connectivity index (χ0) is 28.4. The molecule has 1 atom stereocenters. The summed E-state index contributed by atoms with van der Waals surface area (Å²) in [6.07, 6.45) is 8.14. The highest BCUT2D eigenvalue weighted by molar-refractivity contribution is 5.85. The van der Waals surface area contributed by atoms with Crippen molar-refractivity contribution < 1.29 is 19.4 Å². The molecule has 0 amide bonds. The SMILES string of the molecule is Cc1cnn(CCOc2ccc(-c3cnc(C)c([C@H](OC(C)(C)C)C(=O)O)c3N3CCC(C)(C)CC3)nc2)c1. The van der Waals surface area contributed by atoms with Gasteiger partial charge in [0, 0.05) is 42.3 Å². The fourth-order valence-electron chi connectivity index (χ4n) is 4.84. The number of aliphatic carboxylic acids is 1. The second-order valence-corrected chi connectivity index (χ2v) is 12.1. The molecule has 0 aromatic carbocycles. The Hall–Kier alpha value is -3.46. The number of aryl methyl sites for hydroxylation is 2. The van der Waals surface area contributed by atoms with E-state index in [2.05, 4.69) is 28.8 Å². The Kier molecular flexibility index (Phi) is 8.30. The molecule has 0 aliphatic carbocycles. The van der Waals surface area contributed by atoms with E-state index in [4.69, 9.17) is 14.5 Å². The van der Waals surface area contributed by atoms with Gasteiger partial charge in [-0.05, 0) is 70.6 Å². The van der Waals surface area contributed by atoms with E-state index in [9.17, 15) is 9.90 Å². The summed E-state index contributed by atoms with van der Waals surface area (Å²) >= 11 is 0. The van der Waals surface area contributed by atoms with E-state index in [-0.39, 0.29) is 5.41 Å². The van der Waals surface area contributed by atoms with Gasteiger partial charge < -0.3 is 19.5 Å². The Bertz CT molecular complexity index is 1280. The number of carbonyl (C=O) groups is 1. The number of piperidine rings is 1. The van der Waals surface area contributed by atoms with Gasteiger partial charge >= 0.3 is 5.97 Å². The van der Waals surface area contributed by atoms with E-state index in [1.807, 2.05) is 63.8 Å². The molecule has 0 unspecified atom stereocenters. The van der Waals surface area contributed by atoms with Crippen molar-refractivity contribution >= 4 is 11.7 Å². The number of anilines is 1. The lowest BCUT2D eigenvalue weighted by Gasteiger charge is -2.40. The Morgan fingerprint density at radius 2 is 1.82 bits per heavy atom. The van der Waals surface area contributed by atoms with E-state index in [0.717, 1.165) is 42.7 Å². The van der Waals surface area contributed by atoms with Crippen LogP contribution in [0.1, 0.15) is 70.4 Å². The maximum atomic E-state index is 12.6. The van der Waals surface area contributed by atoms with Gasteiger partial charge in [0.05, 0.1) is 35.9 Å².